The largest absolute Gasteiger partial charge is 0.240 e. The highest BCUT2D eigenvalue weighted by atomic mass is 32.2. The zero-order valence-electron chi connectivity index (χ0n) is 15.9. The van der Waals surface area contributed by atoms with Crippen molar-refractivity contribution in [3.63, 3.8) is 0 Å². The van der Waals surface area contributed by atoms with E-state index < -0.39 is 0 Å². The minimum absolute atomic E-state index is 1.01. The third-order valence-corrected chi connectivity index (χ3v) is 6.37. The summed E-state index contributed by atoms with van der Waals surface area (Å²) in [6, 6.07) is 32.0. The molecule has 0 saturated carbocycles. The number of aryl methyl sites for hydroxylation is 2. The Kier molecular flexibility index (Phi) is 5.84. The Labute approximate surface area is 175 Å². The monoisotopic (exact) mass is 399 g/mol. The van der Waals surface area contributed by atoms with Crippen molar-refractivity contribution in [1.29, 1.82) is 0 Å². The Hall–Kier alpha value is -2.49. The summed E-state index contributed by atoms with van der Waals surface area (Å²) in [6.45, 7) is 4.22. The quantitative estimate of drug-likeness (QED) is 0.342. The molecule has 4 rings (SSSR count). The van der Waals surface area contributed by atoms with Gasteiger partial charge in [0.05, 0.1) is 5.69 Å². The molecule has 0 saturated heterocycles. The van der Waals surface area contributed by atoms with Crippen LogP contribution in [0.1, 0.15) is 11.1 Å². The van der Waals surface area contributed by atoms with Gasteiger partial charge < -0.3 is 0 Å². The van der Waals surface area contributed by atoms with Gasteiger partial charge in [0.2, 0.25) is 0 Å². The lowest BCUT2D eigenvalue weighted by molar-refractivity contribution is 1.09. The van der Waals surface area contributed by atoms with E-state index in [1.165, 1.54) is 25.8 Å². The van der Waals surface area contributed by atoms with Crippen LogP contribution >= 0.6 is 23.5 Å². The van der Waals surface area contributed by atoms with E-state index >= 15 is 0 Å². The summed E-state index contributed by atoms with van der Waals surface area (Å²) in [7, 11) is 0. The fraction of sp³-hybridized carbons (Fsp3) is 0.0800. The molecule has 0 N–H and O–H groups in total. The summed E-state index contributed by atoms with van der Waals surface area (Å²) in [5.41, 5.74) is 4.72. The molecule has 4 aromatic rings. The first-order valence-corrected chi connectivity index (χ1v) is 10.9. The van der Waals surface area contributed by atoms with Crippen LogP contribution in [0, 0.1) is 13.8 Å². The average Bonchev–Trinajstić information content (AvgIpc) is 2.73. The van der Waals surface area contributed by atoms with Crippen LogP contribution in [0.15, 0.2) is 111 Å². The van der Waals surface area contributed by atoms with Gasteiger partial charge in [0.15, 0.2) is 0 Å². The van der Waals surface area contributed by atoms with E-state index in [-0.39, 0.29) is 0 Å². The van der Waals surface area contributed by atoms with E-state index in [9.17, 15) is 0 Å². The zero-order chi connectivity index (χ0) is 19.3. The molecule has 1 aromatic heterocycles. The Morgan fingerprint density at radius 2 is 1.14 bits per heavy atom. The molecule has 1 nitrogen and oxygen atoms in total. The number of hydrogen-bond donors (Lipinski definition) is 0. The van der Waals surface area contributed by atoms with Gasteiger partial charge in [0.1, 0.15) is 5.03 Å². The van der Waals surface area contributed by atoms with E-state index in [0.717, 1.165) is 16.3 Å². The number of pyridine rings is 1. The molecule has 0 aliphatic heterocycles. The Morgan fingerprint density at radius 1 is 0.571 bits per heavy atom. The topological polar surface area (TPSA) is 12.9 Å². The fourth-order valence-electron chi connectivity index (χ4n) is 2.83. The maximum absolute atomic E-state index is 5.02. The van der Waals surface area contributed by atoms with E-state index in [1.807, 2.05) is 6.07 Å². The van der Waals surface area contributed by atoms with E-state index in [0.29, 0.717) is 0 Å². The van der Waals surface area contributed by atoms with Crippen LogP contribution < -0.4 is 0 Å². The maximum Gasteiger partial charge on any atom is 0.102 e. The van der Waals surface area contributed by atoms with Crippen LogP contribution in [-0.2, 0) is 0 Å². The first kappa shape index (κ1) is 18.9. The summed E-state index contributed by atoms with van der Waals surface area (Å²) in [6.07, 6.45) is 0. The van der Waals surface area contributed by atoms with Crippen molar-refractivity contribution in [2.75, 3.05) is 0 Å². The van der Waals surface area contributed by atoms with Crippen molar-refractivity contribution in [2.24, 2.45) is 0 Å². The molecule has 138 valence electrons. The van der Waals surface area contributed by atoms with Gasteiger partial charge in [-0.25, -0.2) is 4.98 Å². The smallest absolute Gasteiger partial charge is 0.102 e. The van der Waals surface area contributed by atoms with Crippen molar-refractivity contribution < 1.29 is 0 Å². The summed E-state index contributed by atoms with van der Waals surface area (Å²) in [4.78, 5) is 8.62. The molecule has 0 bridgehead atoms. The zero-order valence-corrected chi connectivity index (χ0v) is 17.6. The molecule has 0 unspecified atom stereocenters. The third kappa shape index (κ3) is 4.67. The Bertz CT molecular complexity index is 1060. The highest BCUT2D eigenvalue weighted by molar-refractivity contribution is 7.99. The molecule has 0 fully saturated rings. The van der Waals surface area contributed by atoms with Gasteiger partial charge in [-0.3, -0.25) is 0 Å². The molecular formula is C25H21NS2. The standard InChI is InChI=1S/C25H21NS2/c1-18-8-12-21(13-9-18)27-23-16-17-24(28-22-14-10-19(2)11-15-22)26-25(23)20-6-4-3-5-7-20/h3-17H,1-2H3. The average molecular weight is 400 g/mol. The fourth-order valence-corrected chi connectivity index (χ4v) is 4.54. The van der Waals surface area contributed by atoms with E-state index in [1.54, 1.807) is 23.5 Å². The number of benzene rings is 3. The van der Waals surface area contributed by atoms with Gasteiger partial charge in [-0.1, -0.05) is 89.2 Å². The van der Waals surface area contributed by atoms with Gasteiger partial charge in [-0.2, -0.15) is 0 Å². The van der Waals surface area contributed by atoms with Crippen LogP contribution in [0.3, 0.4) is 0 Å². The van der Waals surface area contributed by atoms with E-state index in [4.69, 9.17) is 4.98 Å². The summed E-state index contributed by atoms with van der Waals surface area (Å²) in [5, 5.41) is 1.01. The molecule has 28 heavy (non-hydrogen) atoms. The SMILES string of the molecule is Cc1ccc(Sc2ccc(Sc3ccc(C)cc3)c(-c3ccccc3)n2)cc1. The minimum atomic E-state index is 1.01. The molecule has 0 amide bonds. The van der Waals surface area contributed by atoms with Crippen LogP contribution in [0.5, 0.6) is 0 Å². The molecule has 0 atom stereocenters. The summed E-state index contributed by atoms with van der Waals surface area (Å²) < 4.78 is 0. The van der Waals surface area contributed by atoms with Crippen molar-refractivity contribution in [1.82, 2.24) is 4.98 Å². The van der Waals surface area contributed by atoms with Gasteiger partial charge >= 0.3 is 0 Å². The second kappa shape index (κ2) is 8.68. The number of rotatable bonds is 5. The second-order valence-corrected chi connectivity index (χ2v) is 8.90. The Morgan fingerprint density at radius 3 is 1.75 bits per heavy atom. The first-order chi connectivity index (χ1) is 13.7. The second-order valence-electron chi connectivity index (χ2n) is 6.69. The van der Waals surface area contributed by atoms with Crippen LogP contribution in [-0.4, -0.2) is 4.98 Å². The van der Waals surface area contributed by atoms with Crippen LogP contribution in [0.25, 0.3) is 11.3 Å². The summed E-state index contributed by atoms with van der Waals surface area (Å²) in [5.74, 6) is 0. The normalized spacial score (nSPS) is 10.8. The lowest BCUT2D eigenvalue weighted by Gasteiger charge is -2.11. The number of nitrogens with zero attached hydrogens (tertiary/aromatic N) is 1. The first-order valence-electron chi connectivity index (χ1n) is 9.23. The highest BCUT2D eigenvalue weighted by Gasteiger charge is 2.11. The van der Waals surface area contributed by atoms with Crippen molar-refractivity contribution in [2.45, 2.75) is 33.6 Å². The third-order valence-electron chi connectivity index (χ3n) is 4.37. The Balaban J connectivity index is 1.69. The van der Waals surface area contributed by atoms with Gasteiger partial charge in [0.25, 0.3) is 0 Å². The molecule has 0 aliphatic rings. The number of hydrogen-bond acceptors (Lipinski definition) is 3. The molecule has 0 aliphatic carbocycles. The van der Waals surface area contributed by atoms with Crippen LogP contribution in [0.2, 0.25) is 0 Å². The predicted octanol–water partition coefficient (Wildman–Crippen LogP) is 7.67. The molecule has 0 radical (unpaired) electrons. The van der Waals surface area contributed by atoms with Gasteiger partial charge in [0, 0.05) is 20.2 Å². The molecule has 3 heteroatoms. The van der Waals surface area contributed by atoms with Crippen molar-refractivity contribution in [3.8, 4) is 11.3 Å². The molecule has 0 spiro atoms. The minimum Gasteiger partial charge on any atom is -0.240 e. The highest BCUT2D eigenvalue weighted by Crippen LogP contribution is 2.37. The van der Waals surface area contributed by atoms with Crippen molar-refractivity contribution >= 4 is 23.5 Å². The van der Waals surface area contributed by atoms with Gasteiger partial charge in [-0.15, -0.1) is 0 Å². The van der Waals surface area contributed by atoms with Gasteiger partial charge in [-0.05, 0) is 50.2 Å². The molecular weight excluding hydrogens is 378 g/mol. The molecule has 3 aromatic carbocycles. The lowest BCUT2D eigenvalue weighted by atomic mass is 10.1. The maximum atomic E-state index is 5.02. The lowest BCUT2D eigenvalue weighted by Crippen LogP contribution is -1.90. The summed E-state index contributed by atoms with van der Waals surface area (Å²) >= 11 is 3.46. The number of aromatic nitrogens is 1. The van der Waals surface area contributed by atoms with Crippen molar-refractivity contribution in [3.05, 3.63) is 102 Å². The molecule has 1 heterocycles. The van der Waals surface area contributed by atoms with E-state index in [2.05, 4.69) is 98.8 Å². The predicted molar refractivity (Wildman–Crippen MR) is 120 cm³/mol. The van der Waals surface area contributed by atoms with Crippen LogP contribution in [0.4, 0.5) is 0 Å².